The summed E-state index contributed by atoms with van der Waals surface area (Å²) in [5.41, 5.74) is 0. The maximum Gasteiger partial charge on any atom is 0.0599 e. The zero-order valence-electron chi connectivity index (χ0n) is 12.8. The average Bonchev–Trinajstić information content (AvgIpc) is 2.44. The largest absolute Gasteiger partial charge is 0.382 e. The summed E-state index contributed by atoms with van der Waals surface area (Å²) in [6.07, 6.45) is 5.28. The van der Waals surface area contributed by atoms with Gasteiger partial charge in [-0.2, -0.15) is 0 Å². The fraction of sp³-hybridized carbons (Fsp3) is 1.00. The first-order valence-corrected chi connectivity index (χ1v) is 7.99. The van der Waals surface area contributed by atoms with Crippen LogP contribution in [0.15, 0.2) is 0 Å². The molecule has 19 heavy (non-hydrogen) atoms. The van der Waals surface area contributed by atoms with Crippen molar-refractivity contribution in [2.75, 3.05) is 52.5 Å². The van der Waals surface area contributed by atoms with Crippen molar-refractivity contribution in [3.05, 3.63) is 0 Å². The van der Waals surface area contributed by atoms with Crippen molar-refractivity contribution in [1.29, 1.82) is 0 Å². The van der Waals surface area contributed by atoms with Gasteiger partial charge in [0, 0.05) is 46.0 Å². The molecule has 0 aliphatic carbocycles. The first-order valence-electron chi connectivity index (χ1n) is 7.99. The minimum Gasteiger partial charge on any atom is -0.382 e. The van der Waals surface area contributed by atoms with Crippen LogP contribution in [0.1, 0.15) is 39.5 Å². The Kier molecular flexibility index (Phi) is 10.4. The van der Waals surface area contributed by atoms with Gasteiger partial charge >= 0.3 is 0 Å². The minimum absolute atomic E-state index is 0.507. The maximum atomic E-state index is 5.67. The fourth-order valence-electron chi connectivity index (χ4n) is 2.50. The molecule has 114 valence electrons. The Morgan fingerprint density at radius 3 is 2.53 bits per heavy atom. The lowest BCUT2D eigenvalue weighted by molar-refractivity contribution is 0.0146. The summed E-state index contributed by atoms with van der Waals surface area (Å²) in [5.74, 6) is 0. The minimum atomic E-state index is 0.507. The van der Waals surface area contributed by atoms with Crippen LogP contribution in [0.25, 0.3) is 0 Å². The molecule has 0 amide bonds. The Hall–Kier alpha value is -0.160. The van der Waals surface area contributed by atoms with E-state index in [1.54, 1.807) is 0 Å². The van der Waals surface area contributed by atoms with Crippen LogP contribution in [0.3, 0.4) is 0 Å². The van der Waals surface area contributed by atoms with E-state index in [2.05, 4.69) is 17.1 Å². The van der Waals surface area contributed by atoms with E-state index in [1.165, 1.54) is 45.3 Å². The van der Waals surface area contributed by atoms with Gasteiger partial charge in [-0.1, -0.05) is 0 Å². The predicted molar refractivity (Wildman–Crippen MR) is 79.7 cm³/mol. The Balaban J connectivity index is 1.85. The van der Waals surface area contributed by atoms with E-state index < -0.39 is 0 Å². The number of piperidine rings is 1. The molecule has 1 heterocycles. The number of ether oxygens (including phenoxy) is 2. The van der Waals surface area contributed by atoms with E-state index in [9.17, 15) is 0 Å². The highest BCUT2D eigenvalue weighted by Crippen LogP contribution is 2.12. The lowest BCUT2D eigenvalue weighted by Gasteiger charge is -2.31. The van der Waals surface area contributed by atoms with Crippen molar-refractivity contribution in [2.45, 2.75) is 45.6 Å². The van der Waals surface area contributed by atoms with Gasteiger partial charge in [0.15, 0.2) is 0 Å². The molecule has 0 aromatic rings. The van der Waals surface area contributed by atoms with Crippen LogP contribution < -0.4 is 5.32 Å². The molecule has 0 aromatic carbocycles. The van der Waals surface area contributed by atoms with Gasteiger partial charge in [0.25, 0.3) is 0 Å². The molecule has 1 rings (SSSR count). The fourth-order valence-corrected chi connectivity index (χ4v) is 2.50. The molecule has 0 radical (unpaired) electrons. The number of hydrogen-bond acceptors (Lipinski definition) is 4. The van der Waals surface area contributed by atoms with Crippen LogP contribution in [0.5, 0.6) is 0 Å². The van der Waals surface area contributed by atoms with Crippen molar-refractivity contribution in [3.63, 3.8) is 0 Å². The Bertz CT molecular complexity index is 195. The quantitative estimate of drug-likeness (QED) is 0.582. The Morgan fingerprint density at radius 2 is 1.84 bits per heavy atom. The lowest BCUT2D eigenvalue weighted by Crippen LogP contribution is -2.40. The Labute approximate surface area is 118 Å². The third-order valence-electron chi connectivity index (χ3n) is 3.64. The van der Waals surface area contributed by atoms with Crippen LogP contribution >= 0.6 is 0 Å². The number of rotatable bonds is 11. The molecule has 4 nitrogen and oxygen atoms in total. The smallest absolute Gasteiger partial charge is 0.0599 e. The van der Waals surface area contributed by atoms with E-state index in [0.717, 1.165) is 32.9 Å². The molecule has 0 aromatic heterocycles. The summed E-state index contributed by atoms with van der Waals surface area (Å²) >= 11 is 0. The van der Waals surface area contributed by atoms with Gasteiger partial charge in [0.1, 0.15) is 0 Å². The van der Waals surface area contributed by atoms with E-state index in [1.807, 2.05) is 6.92 Å². The normalized spacial score (nSPS) is 18.0. The first-order chi connectivity index (χ1) is 9.36. The second-order valence-electron chi connectivity index (χ2n) is 5.15. The SMILES string of the molecule is CCOCCCCNCCN1CCC(OCC)CC1. The number of likely N-dealkylation sites (tertiary alicyclic amines) is 1. The van der Waals surface area contributed by atoms with Gasteiger partial charge in [0.05, 0.1) is 6.10 Å². The van der Waals surface area contributed by atoms with Crippen LogP contribution in [-0.4, -0.2) is 63.5 Å². The van der Waals surface area contributed by atoms with Crippen molar-refractivity contribution in [1.82, 2.24) is 10.2 Å². The summed E-state index contributed by atoms with van der Waals surface area (Å²) in [6.45, 7) is 12.5. The number of unbranched alkanes of at least 4 members (excludes halogenated alkanes) is 1. The first kappa shape index (κ1) is 16.9. The van der Waals surface area contributed by atoms with Gasteiger partial charge in [-0.05, 0) is 46.1 Å². The molecule has 4 heteroatoms. The molecule has 0 unspecified atom stereocenters. The standard InChI is InChI=1S/C15H32N2O2/c1-3-18-14-6-5-9-16-10-13-17-11-7-15(8-12-17)19-4-2/h15-16H,3-14H2,1-2H3. The highest BCUT2D eigenvalue weighted by atomic mass is 16.5. The van der Waals surface area contributed by atoms with Crippen molar-refractivity contribution >= 4 is 0 Å². The number of nitrogens with zero attached hydrogens (tertiary/aromatic N) is 1. The molecule has 1 saturated heterocycles. The molecule has 1 aliphatic heterocycles. The van der Waals surface area contributed by atoms with Gasteiger partial charge < -0.3 is 19.7 Å². The monoisotopic (exact) mass is 272 g/mol. The molecule has 1 aliphatic rings. The molecule has 0 spiro atoms. The molecular weight excluding hydrogens is 240 g/mol. The van der Waals surface area contributed by atoms with Crippen LogP contribution in [-0.2, 0) is 9.47 Å². The lowest BCUT2D eigenvalue weighted by atomic mass is 10.1. The van der Waals surface area contributed by atoms with Crippen molar-refractivity contribution < 1.29 is 9.47 Å². The predicted octanol–water partition coefficient (Wildman–Crippen LogP) is 1.89. The van der Waals surface area contributed by atoms with Crippen LogP contribution in [0.2, 0.25) is 0 Å². The number of nitrogens with one attached hydrogen (secondary N) is 1. The molecule has 0 saturated carbocycles. The van der Waals surface area contributed by atoms with Crippen LogP contribution in [0.4, 0.5) is 0 Å². The van der Waals surface area contributed by atoms with E-state index in [4.69, 9.17) is 9.47 Å². The zero-order valence-corrected chi connectivity index (χ0v) is 12.8. The average molecular weight is 272 g/mol. The second kappa shape index (κ2) is 11.6. The molecule has 0 atom stereocenters. The maximum absolute atomic E-state index is 5.67. The highest BCUT2D eigenvalue weighted by Gasteiger charge is 2.18. The van der Waals surface area contributed by atoms with E-state index >= 15 is 0 Å². The summed E-state index contributed by atoms with van der Waals surface area (Å²) in [6, 6.07) is 0. The second-order valence-corrected chi connectivity index (χ2v) is 5.15. The molecular formula is C15H32N2O2. The third-order valence-corrected chi connectivity index (χ3v) is 3.64. The molecule has 0 bridgehead atoms. The Morgan fingerprint density at radius 1 is 1.05 bits per heavy atom. The van der Waals surface area contributed by atoms with Gasteiger partial charge in [-0.15, -0.1) is 0 Å². The van der Waals surface area contributed by atoms with Crippen LogP contribution in [0, 0.1) is 0 Å². The van der Waals surface area contributed by atoms with Gasteiger partial charge in [-0.3, -0.25) is 0 Å². The summed E-state index contributed by atoms with van der Waals surface area (Å²) in [5, 5.41) is 3.52. The summed E-state index contributed by atoms with van der Waals surface area (Å²) < 4.78 is 11.0. The summed E-state index contributed by atoms with van der Waals surface area (Å²) in [7, 11) is 0. The number of hydrogen-bond donors (Lipinski definition) is 1. The topological polar surface area (TPSA) is 33.7 Å². The van der Waals surface area contributed by atoms with E-state index in [-0.39, 0.29) is 0 Å². The summed E-state index contributed by atoms with van der Waals surface area (Å²) in [4.78, 5) is 2.54. The van der Waals surface area contributed by atoms with Gasteiger partial charge in [0.2, 0.25) is 0 Å². The van der Waals surface area contributed by atoms with Crippen molar-refractivity contribution in [3.8, 4) is 0 Å². The molecule has 1 N–H and O–H groups in total. The highest BCUT2D eigenvalue weighted by molar-refractivity contribution is 4.72. The zero-order chi connectivity index (χ0) is 13.8. The molecule has 1 fully saturated rings. The van der Waals surface area contributed by atoms with Crippen molar-refractivity contribution in [2.24, 2.45) is 0 Å². The third kappa shape index (κ3) is 8.58. The van der Waals surface area contributed by atoms with E-state index in [0.29, 0.717) is 6.10 Å². The van der Waals surface area contributed by atoms with Gasteiger partial charge in [-0.25, -0.2) is 0 Å².